The Morgan fingerprint density at radius 2 is 1.96 bits per heavy atom. The normalized spacial score (nSPS) is 34.7. The van der Waals surface area contributed by atoms with Gasteiger partial charge < -0.3 is 5.11 Å². The minimum atomic E-state index is -0.651. The van der Waals surface area contributed by atoms with Crippen molar-refractivity contribution >= 4 is 12.1 Å². The van der Waals surface area contributed by atoms with E-state index in [0.717, 1.165) is 18.9 Å². The number of hydrogen-bond acceptors (Lipinski definition) is 3. The van der Waals surface area contributed by atoms with E-state index in [9.17, 15) is 18.7 Å². The molecule has 4 aliphatic rings. The van der Waals surface area contributed by atoms with Crippen molar-refractivity contribution in [3.63, 3.8) is 0 Å². The van der Waals surface area contributed by atoms with Crippen molar-refractivity contribution < 1.29 is 18.7 Å². The first-order valence-corrected chi connectivity index (χ1v) is 7.94. The third-order valence-corrected chi connectivity index (χ3v) is 5.59. The Bertz CT molecular complexity index is 665. The Kier molecular flexibility index (Phi) is 3.27. The molecule has 1 aromatic carbocycles. The van der Waals surface area contributed by atoms with Crippen LogP contribution in [0.1, 0.15) is 37.3 Å². The number of amides is 1. The summed E-state index contributed by atoms with van der Waals surface area (Å²) in [7, 11) is 0. The minimum absolute atomic E-state index is 0.0884. The van der Waals surface area contributed by atoms with E-state index in [1.54, 1.807) is 6.21 Å². The second-order valence-electron chi connectivity index (χ2n) is 7.07. The lowest BCUT2D eigenvalue weighted by Gasteiger charge is -2.36. The monoisotopic (exact) mass is 320 g/mol. The van der Waals surface area contributed by atoms with Crippen LogP contribution in [0.4, 0.5) is 8.78 Å². The van der Waals surface area contributed by atoms with Gasteiger partial charge in [0.25, 0.3) is 0 Å². The lowest BCUT2D eigenvalue weighted by molar-refractivity contribution is -0.138. The molecule has 3 saturated carbocycles. The zero-order chi connectivity index (χ0) is 16.2. The first-order valence-electron chi connectivity index (χ1n) is 7.94. The highest BCUT2D eigenvalue weighted by atomic mass is 19.1. The predicted octanol–water partition coefficient (Wildman–Crippen LogP) is 2.63. The van der Waals surface area contributed by atoms with Crippen LogP contribution in [0.5, 0.6) is 0 Å². The fraction of sp³-hybridized carbons (Fsp3) is 0.529. The molecule has 0 radical (unpaired) electrons. The zero-order valence-electron chi connectivity index (χ0n) is 12.6. The summed E-state index contributed by atoms with van der Waals surface area (Å²) in [6.07, 6.45) is 4.53. The fourth-order valence-corrected chi connectivity index (χ4v) is 4.46. The van der Waals surface area contributed by atoms with Gasteiger partial charge in [-0.15, -0.1) is 0 Å². The molecule has 23 heavy (non-hydrogen) atoms. The van der Waals surface area contributed by atoms with Crippen LogP contribution in [0.25, 0.3) is 0 Å². The first kappa shape index (κ1) is 14.8. The number of carbonyl (C=O) groups excluding carboxylic acids is 1. The number of halogens is 2. The summed E-state index contributed by atoms with van der Waals surface area (Å²) in [5.41, 5.74) is 0.338. The molecule has 1 N–H and O–H groups in total. The van der Waals surface area contributed by atoms with Gasteiger partial charge in [0.2, 0.25) is 5.91 Å². The molecule has 2 bridgehead atoms. The topological polar surface area (TPSA) is 52.9 Å². The molecule has 1 aliphatic heterocycles. The molecule has 122 valence electrons. The Morgan fingerprint density at radius 3 is 2.57 bits per heavy atom. The molecule has 0 saturated heterocycles. The zero-order valence-corrected chi connectivity index (χ0v) is 12.6. The Balaban J connectivity index is 1.56. The van der Waals surface area contributed by atoms with Crippen molar-refractivity contribution in [2.75, 3.05) is 6.61 Å². The summed E-state index contributed by atoms with van der Waals surface area (Å²) in [5, 5.41) is 15.0. The number of hydrogen-bond donors (Lipinski definition) is 1. The summed E-state index contributed by atoms with van der Waals surface area (Å²) >= 11 is 0. The smallest absolute Gasteiger partial charge is 0.246 e. The van der Waals surface area contributed by atoms with Gasteiger partial charge in [0.15, 0.2) is 0 Å². The third kappa shape index (κ3) is 2.27. The van der Waals surface area contributed by atoms with Gasteiger partial charge in [-0.1, -0.05) is 0 Å². The van der Waals surface area contributed by atoms with Crippen LogP contribution < -0.4 is 0 Å². The number of aliphatic hydroxyl groups is 1. The maximum absolute atomic E-state index is 13.5. The summed E-state index contributed by atoms with van der Waals surface area (Å²) < 4.78 is 26.9. The van der Waals surface area contributed by atoms with Crippen molar-refractivity contribution in [3.8, 4) is 0 Å². The maximum Gasteiger partial charge on any atom is 0.246 e. The van der Waals surface area contributed by atoms with Crippen molar-refractivity contribution in [3.05, 3.63) is 35.4 Å². The molecule has 1 aromatic rings. The highest BCUT2D eigenvalue weighted by Gasteiger charge is 2.58. The largest absolute Gasteiger partial charge is 0.396 e. The molecule has 5 rings (SSSR count). The molecule has 1 unspecified atom stereocenters. The number of carbonyl (C=O) groups is 1. The van der Waals surface area contributed by atoms with Gasteiger partial charge in [0.05, 0.1) is 6.04 Å². The summed E-state index contributed by atoms with van der Waals surface area (Å²) in [4.78, 5) is 12.8. The number of nitrogens with zero attached hydrogens (tertiary/aromatic N) is 2. The van der Waals surface area contributed by atoms with Gasteiger partial charge in [-0.3, -0.25) is 4.79 Å². The van der Waals surface area contributed by atoms with Gasteiger partial charge in [-0.05, 0) is 48.3 Å². The van der Waals surface area contributed by atoms with E-state index in [4.69, 9.17) is 0 Å². The van der Waals surface area contributed by atoms with E-state index < -0.39 is 17.7 Å². The number of fused-ring (bicyclic) bond motifs is 1. The van der Waals surface area contributed by atoms with Crippen LogP contribution in [0, 0.1) is 28.9 Å². The molecule has 3 fully saturated rings. The van der Waals surface area contributed by atoms with Crippen LogP contribution in [-0.2, 0) is 4.79 Å². The van der Waals surface area contributed by atoms with E-state index in [2.05, 4.69) is 5.10 Å². The van der Waals surface area contributed by atoms with Crippen LogP contribution in [-0.4, -0.2) is 28.8 Å². The Morgan fingerprint density at radius 1 is 1.26 bits per heavy atom. The highest BCUT2D eigenvalue weighted by molar-refractivity contribution is 5.83. The molecular formula is C17H18F2N2O2. The van der Waals surface area contributed by atoms with Gasteiger partial charge >= 0.3 is 0 Å². The van der Waals surface area contributed by atoms with E-state index in [1.165, 1.54) is 17.1 Å². The molecular weight excluding hydrogens is 302 g/mol. The summed E-state index contributed by atoms with van der Waals surface area (Å²) in [6, 6.07) is 2.89. The van der Waals surface area contributed by atoms with Crippen molar-refractivity contribution in [2.24, 2.45) is 22.4 Å². The second-order valence-corrected chi connectivity index (χ2v) is 7.07. The lowest BCUT2D eigenvalue weighted by atomic mass is 9.70. The van der Waals surface area contributed by atoms with Crippen LogP contribution in [0.3, 0.4) is 0 Å². The maximum atomic E-state index is 13.5. The molecule has 3 aliphatic carbocycles. The van der Waals surface area contributed by atoms with Gasteiger partial charge in [0, 0.05) is 31.2 Å². The fourth-order valence-electron chi connectivity index (χ4n) is 4.46. The molecule has 1 heterocycles. The van der Waals surface area contributed by atoms with E-state index in [0.29, 0.717) is 24.3 Å². The van der Waals surface area contributed by atoms with Gasteiger partial charge in [-0.2, -0.15) is 5.10 Å². The molecule has 0 spiro atoms. The molecule has 0 aromatic heterocycles. The van der Waals surface area contributed by atoms with E-state index in [1.807, 2.05) is 0 Å². The standard InChI is InChI=1S/C17H18F2N2O2/c18-12-3-10(4-13(19)5-12)15-1-2-20-21(15)16(23)14-8-17(9-22)6-11(14)7-17/h2-5,11,14-15,22H,1,6-9H2/t11?,14-,15?,17?/m0/s1. The molecule has 2 atom stereocenters. The van der Waals surface area contributed by atoms with Crippen LogP contribution >= 0.6 is 0 Å². The second kappa shape index (κ2) is 5.09. The highest BCUT2D eigenvalue weighted by Crippen LogP contribution is 2.62. The molecule has 6 heteroatoms. The summed E-state index contributed by atoms with van der Waals surface area (Å²) in [6.45, 7) is 0.120. The number of benzene rings is 1. The number of rotatable bonds is 3. The first-order chi connectivity index (χ1) is 11.0. The number of hydrazone groups is 1. The minimum Gasteiger partial charge on any atom is -0.396 e. The average Bonchev–Trinajstić information content (AvgIpc) is 3.17. The van der Waals surface area contributed by atoms with Crippen LogP contribution in [0.15, 0.2) is 23.3 Å². The van der Waals surface area contributed by atoms with Crippen molar-refractivity contribution in [1.29, 1.82) is 0 Å². The molecule has 1 amide bonds. The molecule has 4 nitrogen and oxygen atoms in total. The SMILES string of the molecule is O=C([C@H]1CC2(CO)CC1C2)N1N=CCC1c1cc(F)cc(F)c1. The van der Waals surface area contributed by atoms with Crippen molar-refractivity contribution in [1.82, 2.24) is 5.01 Å². The summed E-state index contributed by atoms with van der Waals surface area (Å²) in [5.74, 6) is -1.23. The van der Waals surface area contributed by atoms with Crippen molar-refractivity contribution in [2.45, 2.75) is 31.7 Å². The lowest BCUT2D eigenvalue weighted by Crippen LogP contribution is -2.35. The predicted molar refractivity (Wildman–Crippen MR) is 79.4 cm³/mol. The van der Waals surface area contributed by atoms with Gasteiger partial charge in [0.1, 0.15) is 11.6 Å². The Labute approximate surface area is 132 Å². The quantitative estimate of drug-likeness (QED) is 0.931. The van der Waals surface area contributed by atoms with E-state index in [-0.39, 0.29) is 23.8 Å². The Hall–Kier alpha value is -1.82. The average molecular weight is 320 g/mol. The number of aliphatic hydroxyl groups excluding tert-OH is 1. The van der Waals surface area contributed by atoms with Crippen LogP contribution in [0.2, 0.25) is 0 Å². The third-order valence-electron chi connectivity index (χ3n) is 5.59. The van der Waals surface area contributed by atoms with E-state index >= 15 is 0 Å². The van der Waals surface area contributed by atoms with Gasteiger partial charge in [-0.25, -0.2) is 13.8 Å².